The summed E-state index contributed by atoms with van der Waals surface area (Å²) in [6.07, 6.45) is 0.209. The second-order valence-corrected chi connectivity index (χ2v) is 5.97. The summed E-state index contributed by atoms with van der Waals surface area (Å²) >= 11 is 7.34. The highest BCUT2D eigenvalue weighted by atomic mass is 35.5. The van der Waals surface area contributed by atoms with Gasteiger partial charge in [0.15, 0.2) is 0 Å². The van der Waals surface area contributed by atoms with Crippen LogP contribution in [0.3, 0.4) is 0 Å². The maximum atomic E-state index is 13.7. The van der Waals surface area contributed by atoms with Crippen LogP contribution in [0.2, 0.25) is 5.02 Å². The zero-order valence-electron chi connectivity index (χ0n) is 10.2. The average Bonchev–Trinajstić information content (AvgIpc) is 2.70. The molecule has 4 heteroatoms. The summed E-state index contributed by atoms with van der Waals surface area (Å²) in [7, 11) is 0. The van der Waals surface area contributed by atoms with Crippen LogP contribution in [0.1, 0.15) is 22.9 Å². The van der Waals surface area contributed by atoms with Crippen LogP contribution in [0.25, 0.3) is 0 Å². The van der Waals surface area contributed by atoms with Crippen molar-refractivity contribution in [2.45, 2.75) is 25.9 Å². The molecule has 1 aromatic carbocycles. The molecule has 0 aliphatic heterocycles. The first-order valence-electron chi connectivity index (χ1n) is 5.61. The van der Waals surface area contributed by atoms with Gasteiger partial charge in [0.1, 0.15) is 11.4 Å². The molecule has 0 spiro atoms. The molecule has 1 heterocycles. The Labute approximate surface area is 115 Å². The summed E-state index contributed by atoms with van der Waals surface area (Å²) < 4.78 is 13.7. The Morgan fingerprint density at radius 2 is 2.11 bits per heavy atom. The molecule has 0 saturated carbocycles. The number of benzene rings is 1. The van der Waals surface area contributed by atoms with Crippen LogP contribution in [0.15, 0.2) is 29.6 Å². The van der Waals surface area contributed by atoms with E-state index in [2.05, 4.69) is 0 Å². The smallest absolute Gasteiger partial charge is 0.126 e. The van der Waals surface area contributed by atoms with E-state index in [-0.39, 0.29) is 12.2 Å². The van der Waals surface area contributed by atoms with Crippen molar-refractivity contribution in [3.05, 3.63) is 56.5 Å². The van der Waals surface area contributed by atoms with Crippen LogP contribution in [0.4, 0.5) is 4.39 Å². The molecule has 0 bridgehead atoms. The molecule has 1 N–H and O–H groups in total. The first-order valence-corrected chi connectivity index (χ1v) is 6.87. The lowest BCUT2D eigenvalue weighted by Gasteiger charge is -2.23. The number of aryl methyl sites for hydroxylation is 1. The lowest BCUT2D eigenvalue weighted by molar-refractivity contribution is 0.0600. The van der Waals surface area contributed by atoms with Gasteiger partial charge in [0.2, 0.25) is 0 Å². The third-order valence-corrected chi connectivity index (χ3v) is 4.40. The third-order valence-electron chi connectivity index (χ3n) is 2.89. The molecule has 0 aliphatic carbocycles. The fourth-order valence-electron chi connectivity index (χ4n) is 2.05. The van der Waals surface area contributed by atoms with Crippen molar-refractivity contribution in [1.29, 1.82) is 0 Å². The van der Waals surface area contributed by atoms with Gasteiger partial charge in [-0.05, 0) is 54.6 Å². The van der Waals surface area contributed by atoms with Crippen molar-refractivity contribution in [3.63, 3.8) is 0 Å². The van der Waals surface area contributed by atoms with E-state index in [1.54, 1.807) is 13.0 Å². The molecular formula is C14H14ClFOS. The van der Waals surface area contributed by atoms with E-state index >= 15 is 0 Å². The van der Waals surface area contributed by atoms with Crippen LogP contribution in [0.5, 0.6) is 0 Å². The van der Waals surface area contributed by atoms with E-state index < -0.39 is 5.60 Å². The number of hydrogen-bond donors (Lipinski definition) is 1. The molecular weight excluding hydrogens is 271 g/mol. The second-order valence-electron chi connectivity index (χ2n) is 4.62. The summed E-state index contributed by atoms with van der Waals surface area (Å²) in [6, 6.07) is 6.34. The van der Waals surface area contributed by atoms with E-state index in [1.165, 1.54) is 23.5 Å². The Balaban J connectivity index is 2.33. The van der Waals surface area contributed by atoms with Gasteiger partial charge in [0.05, 0.1) is 0 Å². The largest absolute Gasteiger partial charge is 0.384 e. The maximum Gasteiger partial charge on any atom is 0.126 e. The minimum absolute atomic E-state index is 0.209. The van der Waals surface area contributed by atoms with Gasteiger partial charge in [-0.1, -0.05) is 11.6 Å². The Hall–Kier alpha value is -0.900. The number of halogens is 2. The van der Waals surface area contributed by atoms with Crippen molar-refractivity contribution in [2.75, 3.05) is 0 Å². The second kappa shape index (κ2) is 5.00. The van der Waals surface area contributed by atoms with Crippen LogP contribution in [0, 0.1) is 12.7 Å². The quantitative estimate of drug-likeness (QED) is 0.891. The number of aliphatic hydroxyl groups is 1. The monoisotopic (exact) mass is 284 g/mol. The van der Waals surface area contributed by atoms with E-state index in [4.69, 9.17) is 11.6 Å². The number of thiophene rings is 1. The molecule has 0 radical (unpaired) electrons. The molecule has 2 aromatic rings. The number of rotatable bonds is 3. The van der Waals surface area contributed by atoms with E-state index in [0.29, 0.717) is 10.6 Å². The van der Waals surface area contributed by atoms with Crippen LogP contribution < -0.4 is 0 Å². The van der Waals surface area contributed by atoms with Crippen molar-refractivity contribution >= 4 is 22.9 Å². The highest BCUT2D eigenvalue weighted by molar-refractivity contribution is 7.10. The van der Waals surface area contributed by atoms with Gasteiger partial charge >= 0.3 is 0 Å². The summed E-state index contributed by atoms with van der Waals surface area (Å²) in [6.45, 7) is 3.64. The molecule has 18 heavy (non-hydrogen) atoms. The summed E-state index contributed by atoms with van der Waals surface area (Å²) in [5.41, 5.74) is 0.372. The minimum atomic E-state index is -1.08. The maximum absolute atomic E-state index is 13.7. The molecule has 1 aromatic heterocycles. The fraction of sp³-hybridized carbons (Fsp3) is 0.286. The zero-order valence-corrected chi connectivity index (χ0v) is 11.8. The summed E-state index contributed by atoms with van der Waals surface area (Å²) in [5.74, 6) is -0.339. The van der Waals surface area contributed by atoms with Gasteiger partial charge in [-0.2, -0.15) is 0 Å². The first-order chi connectivity index (χ1) is 8.40. The van der Waals surface area contributed by atoms with E-state index in [1.807, 2.05) is 18.4 Å². The normalized spacial score (nSPS) is 14.5. The molecule has 0 fully saturated rings. The van der Waals surface area contributed by atoms with Crippen molar-refractivity contribution in [1.82, 2.24) is 0 Å². The van der Waals surface area contributed by atoms with Crippen LogP contribution >= 0.6 is 22.9 Å². The van der Waals surface area contributed by atoms with Crippen molar-refractivity contribution in [3.8, 4) is 0 Å². The lowest BCUT2D eigenvalue weighted by Crippen LogP contribution is -2.24. The molecule has 0 amide bonds. The predicted octanol–water partition coefficient (Wildman–Crippen LogP) is 4.30. The van der Waals surface area contributed by atoms with Crippen molar-refractivity contribution in [2.24, 2.45) is 0 Å². The Kier molecular flexibility index (Phi) is 3.76. The lowest BCUT2D eigenvalue weighted by atomic mass is 9.93. The summed E-state index contributed by atoms with van der Waals surface area (Å²) in [4.78, 5) is 0.863. The van der Waals surface area contributed by atoms with Gasteiger partial charge in [-0.15, -0.1) is 11.3 Å². The third kappa shape index (κ3) is 2.74. The number of hydrogen-bond acceptors (Lipinski definition) is 2. The standard InChI is InChI=1S/C14H14ClFOS/c1-9-5-6-18-13(9)14(2,17)8-10-7-11(15)3-4-12(10)16/h3-7,17H,8H2,1-2H3. The zero-order chi connectivity index (χ0) is 13.3. The highest BCUT2D eigenvalue weighted by Crippen LogP contribution is 2.33. The summed E-state index contributed by atoms with van der Waals surface area (Å²) in [5, 5.41) is 12.9. The van der Waals surface area contributed by atoms with Crippen molar-refractivity contribution < 1.29 is 9.50 Å². The van der Waals surface area contributed by atoms with Crippen LogP contribution in [-0.4, -0.2) is 5.11 Å². The Morgan fingerprint density at radius 3 is 2.72 bits per heavy atom. The van der Waals surface area contributed by atoms with Gasteiger partial charge < -0.3 is 5.11 Å². The molecule has 1 unspecified atom stereocenters. The predicted molar refractivity (Wildman–Crippen MR) is 73.7 cm³/mol. The minimum Gasteiger partial charge on any atom is -0.384 e. The van der Waals surface area contributed by atoms with Gasteiger partial charge in [0.25, 0.3) is 0 Å². The molecule has 96 valence electrons. The molecule has 2 rings (SSSR count). The average molecular weight is 285 g/mol. The SMILES string of the molecule is Cc1ccsc1C(C)(O)Cc1cc(Cl)ccc1F. The molecule has 0 aliphatic rings. The molecule has 1 nitrogen and oxygen atoms in total. The topological polar surface area (TPSA) is 20.2 Å². The van der Waals surface area contributed by atoms with Gasteiger partial charge in [-0.25, -0.2) is 4.39 Å². The highest BCUT2D eigenvalue weighted by Gasteiger charge is 2.27. The van der Waals surface area contributed by atoms with Crippen LogP contribution in [-0.2, 0) is 12.0 Å². The first kappa shape index (κ1) is 13.5. The molecule has 1 atom stereocenters. The Bertz CT molecular complexity index is 563. The Morgan fingerprint density at radius 1 is 1.39 bits per heavy atom. The van der Waals surface area contributed by atoms with E-state index in [9.17, 15) is 9.50 Å². The van der Waals surface area contributed by atoms with Gasteiger partial charge in [-0.3, -0.25) is 0 Å². The molecule has 0 saturated heterocycles. The van der Waals surface area contributed by atoms with E-state index in [0.717, 1.165) is 10.4 Å². The van der Waals surface area contributed by atoms with Gasteiger partial charge in [0, 0.05) is 16.3 Å². The fourth-order valence-corrected chi connectivity index (χ4v) is 3.24.